The molecule has 0 aliphatic heterocycles. The van der Waals surface area contributed by atoms with Crippen LogP contribution >= 0.6 is 15.9 Å². The van der Waals surface area contributed by atoms with Gasteiger partial charge in [0.1, 0.15) is 5.52 Å². The van der Waals surface area contributed by atoms with Gasteiger partial charge >= 0.3 is 0 Å². The molecule has 0 amide bonds. The molecular formula is C24H16BrNO2. The average molecular weight is 430 g/mol. The molecule has 0 radical (unpaired) electrons. The van der Waals surface area contributed by atoms with E-state index in [1.54, 1.807) is 4.57 Å². The second kappa shape index (κ2) is 6.50. The molecule has 0 bridgehead atoms. The SMILES string of the molecule is Cc1ccccc1-c1cccc2c3c(Br)oc(-c4ccccc4)c3n(C=O)c12. The minimum Gasteiger partial charge on any atom is -0.446 e. The molecule has 5 aromatic rings. The van der Waals surface area contributed by atoms with Gasteiger partial charge in [0.25, 0.3) is 0 Å². The highest BCUT2D eigenvalue weighted by Gasteiger charge is 2.24. The molecular weight excluding hydrogens is 414 g/mol. The maximum absolute atomic E-state index is 12.3. The summed E-state index contributed by atoms with van der Waals surface area (Å²) in [4.78, 5) is 12.3. The van der Waals surface area contributed by atoms with Gasteiger partial charge in [-0.1, -0.05) is 72.8 Å². The Bertz CT molecular complexity index is 1350. The van der Waals surface area contributed by atoms with E-state index in [-0.39, 0.29) is 0 Å². The molecule has 0 spiro atoms. The minimum absolute atomic E-state index is 0.633. The molecule has 4 heteroatoms. The molecule has 136 valence electrons. The first-order chi connectivity index (χ1) is 13.7. The Hall–Kier alpha value is -3.11. The summed E-state index contributed by atoms with van der Waals surface area (Å²) in [6, 6.07) is 24.2. The standard InChI is InChI=1S/C24H16BrNO2/c1-15-8-5-6-11-17(15)18-12-7-13-19-20-22(26(14-27)21(18)19)23(28-24(20)25)16-9-3-2-4-10-16/h2-14H,1H3. The van der Waals surface area contributed by atoms with Crippen molar-refractivity contribution in [2.24, 2.45) is 0 Å². The van der Waals surface area contributed by atoms with Gasteiger partial charge in [0.15, 0.2) is 10.4 Å². The molecule has 2 heterocycles. The van der Waals surface area contributed by atoms with Crippen LogP contribution in [0, 0.1) is 6.92 Å². The number of nitrogens with zero attached hydrogens (tertiary/aromatic N) is 1. The summed E-state index contributed by atoms with van der Waals surface area (Å²) in [6.07, 6.45) is 0.876. The summed E-state index contributed by atoms with van der Waals surface area (Å²) in [5, 5.41) is 1.90. The van der Waals surface area contributed by atoms with Gasteiger partial charge in [-0.25, -0.2) is 0 Å². The van der Waals surface area contributed by atoms with Gasteiger partial charge in [-0.3, -0.25) is 9.36 Å². The number of benzene rings is 3. The second-order valence-electron chi connectivity index (χ2n) is 6.79. The number of fused-ring (bicyclic) bond motifs is 3. The second-order valence-corrected chi connectivity index (χ2v) is 7.51. The van der Waals surface area contributed by atoms with Crippen LogP contribution in [-0.2, 0) is 4.79 Å². The Morgan fingerprint density at radius 1 is 0.857 bits per heavy atom. The normalized spacial score (nSPS) is 11.4. The lowest BCUT2D eigenvalue weighted by atomic mass is 9.98. The molecule has 0 aliphatic rings. The summed E-state index contributed by atoms with van der Waals surface area (Å²) in [5.41, 5.74) is 5.92. The summed E-state index contributed by atoms with van der Waals surface area (Å²) >= 11 is 3.58. The van der Waals surface area contributed by atoms with Crippen molar-refractivity contribution in [1.29, 1.82) is 0 Å². The van der Waals surface area contributed by atoms with E-state index in [4.69, 9.17) is 4.42 Å². The van der Waals surface area contributed by atoms with E-state index in [1.807, 2.05) is 54.6 Å². The van der Waals surface area contributed by atoms with Crippen molar-refractivity contribution in [3.8, 4) is 22.5 Å². The summed E-state index contributed by atoms with van der Waals surface area (Å²) in [6.45, 7) is 2.09. The number of para-hydroxylation sites is 1. The molecule has 0 fully saturated rings. The zero-order valence-electron chi connectivity index (χ0n) is 15.1. The fraction of sp³-hybridized carbons (Fsp3) is 0.0417. The highest BCUT2D eigenvalue weighted by Crippen LogP contribution is 2.44. The quantitative estimate of drug-likeness (QED) is 0.294. The fourth-order valence-electron chi connectivity index (χ4n) is 3.96. The number of rotatable bonds is 3. The third kappa shape index (κ3) is 2.38. The van der Waals surface area contributed by atoms with Gasteiger partial charge in [-0.2, -0.15) is 0 Å². The third-order valence-electron chi connectivity index (χ3n) is 5.20. The molecule has 0 aliphatic carbocycles. The first-order valence-electron chi connectivity index (χ1n) is 9.02. The Morgan fingerprint density at radius 3 is 2.32 bits per heavy atom. The number of carbonyl (C=O) groups excluding carboxylic acids is 1. The van der Waals surface area contributed by atoms with Crippen LogP contribution in [-0.4, -0.2) is 11.0 Å². The lowest BCUT2D eigenvalue weighted by molar-refractivity contribution is 0.548. The van der Waals surface area contributed by atoms with Gasteiger partial charge in [0, 0.05) is 16.5 Å². The topological polar surface area (TPSA) is 35.1 Å². The van der Waals surface area contributed by atoms with Crippen LogP contribution in [0.2, 0.25) is 0 Å². The van der Waals surface area contributed by atoms with E-state index < -0.39 is 0 Å². The minimum atomic E-state index is 0.633. The number of aromatic nitrogens is 1. The van der Waals surface area contributed by atoms with E-state index in [2.05, 4.69) is 41.1 Å². The Kier molecular flexibility index (Phi) is 3.95. The van der Waals surface area contributed by atoms with Crippen molar-refractivity contribution in [3.63, 3.8) is 0 Å². The van der Waals surface area contributed by atoms with Gasteiger partial charge in [-0.05, 0) is 34.0 Å². The van der Waals surface area contributed by atoms with Crippen LogP contribution in [0.15, 0.2) is 81.9 Å². The summed E-state index contributed by atoms with van der Waals surface area (Å²) < 4.78 is 8.39. The van der Waals surface area contributed by atoms with Crippen molar-refractivity contribution in [1.82, 2.24) is 4.57 Å². The van der Waals surface area contributed by atoms with Gasteiger partial charge in [0.2, 0.25) is 6.41 Å². The van der Waals surface area contributed by atoms with Crippen LogP contribution < -0.4 is 0 Å². The predicted octanol–water partition coefficient (Wildman–Crippen LogP) is 6.83. The Morgan fingerprint density at radius 2 is 1.57 bits per heavy atom. The van der Waals surface area contributed by atoms with Crippen LogP contribution in [0.5, 0.6) is 0 Å². The smallest absolute Gasteiger partial charge is 0.218 e. The van der Waals surface area contributed by atoms with Gasteiger partial charge < -0.3 is 4.42 Å². The van der Waals surface area contributed by atoms with Crippen molar-refractivity contribution in [2.45, 2.75) is 6.92 Å². The Labute approximate surface area is 170 Å². The van der Waals surface area contributed by atoms with E-state index in [9.17, 15) is 4.79 Å². The average Bonchev–Trinajstić information content (AvgIpc) is 3.24. The van der Waals surface area contributed by atoms with E-state index in [0.717, 1.165) is 44.9 Å². The van der Waals surface area contributed by atoms with Crippen LogP contribution in [0.4, 0.5) is 0 Å². The van der Waals surface area contributed by atoms with Gasteiger partial charge in [-0.15, -0.1) is 0 Å². The molecule has 3 aromatic carbocycles. The highest BCUT2D eigenvalue weighted by molar-refractivity contribution is 9.10. The molecule has 5 rings (SSSR count). The van der Waals surface area contributed by atoms with E-state index in [1.165, 1.54) is 5.56 Å². The first kappa shape index (κ1) is 17.0. The predicted molar refractivity (Wildman–Crippen MR) is 117 cm³/mol. The first-order valence-corrected chi connectivity index (χ1v) is 9.81. The van der Waals surface area contributed by atoms with Crippen LogP contribution in [0.3, 0.4) is 0 Å². The van der Waals surface area contributed by atoms with Crippen molar-refractivity contribution in [3.05, 3.63) is 83.0 Å². The van der Waals surface area contributed by atoms with Crippen LogP contribution in [0.1, 0.15) is 5.56 Å². The highest BCUT2D eigenvalue weighted by atomic mass is 79.9. The maximum Gasteiger partial charge on any atom is 0.218 e. The van der Waals surface area contributed by atoms with Crippen molar-refractivity contribution >= 4 is 44.1 Å². The summed E-state index contributed by atoms with van der Waals surface area (Å²) in [7, 11) is 0. The number of hydrogen-bond donors (Lipinski definition) is 0. The lowest BCUT2D eigenvalue weighted by Gasteiger charge is -2.09. The monoisotopic (exact) mass is 429 g/mol. The molecule has 0 N–H and O–H groups in total. The number of hydrogen-bond acceptors (Lipinski definition) is 2. The number of carbonyl (C=O) groups is 1. The molecule has 0 atom stereocenters. The number of furan rings is 1. The molecule has 2 aromatic heterocycles. The molecule has 0 saturated heterocycles. The summed E-state index contributed by atoms with van der Waals surface area (Å²) in [5.74, 6) is 0.682. The van der Waals surface area contributed by atoms with Gasteiger partial charge in [0.05, 0.1) is 10.9 Å². The van der Waals surface area contributed by atoms with Crippen molar-refractivity contribution in [2.75, 3.05) is 0 Å². The molecule has 28 heavy (non-hydrogen) atoms. The zero-order chi connectivity index (χ0) is 19.3. The fourth-order valence-corrected chi connectivity index (χ4v) is 4.52. The maximum atomic E-state index is 12.3. The number of aryl methyl sites for hydroxylation is 1. The van der Waals surface area contributed by atoms with Crippen molar-refractivity contribution < 1.29 is 9.21 Å². The number of halogens is 1. The largest absolute Gasteiger partial charge is 0.446 e. The zero-order valence-corrected chi connectivity index (χ0v) is 16.7. The molecule has 3 nitrogen and oxygen atoms in total. The lowest BCUT2D eigenvalue weighted by Crippen LogP contribution is -1.97. The molecule has 0 saturated carbocycles. The van der Waals surface area contributed by atoms with Crippen LogP contribution in [0.25, 0.3) is 44.3 Å². The van der Waals surface area contributed by atoms with E-state index in [0.29, 0.717) is 10.4 Å². The van der Waals surface area contributed by atoms with E-state index >= 15 is 0 Å². The molecule has 0 unspecified atom stereocenters. The Balaban J connectivity index is 1.96. The third-order valence-corrected chi connectivity index (χ3v) is 5.76.